The van der Waals surface area contributed by atoms with Crippen LogP contribution in [0.5, 0.6) is 11.8 Å². The van der Waals surface area contributed by atoms with Crippen molar-refractivity contribution in [1.29, 1.82) is 0 Å². The summed E-state index contributed by atoms with van der Waals surface area (Å²) in [6, 6.07) is 0. The van der Waals surface area contributed by atoms with Gasteiger partial charge in [0.15, 0.2) is 11.5 Å². The van der Waals surface area contributed by atoms with Gasteiger partial charge in [-0.25, -0.2) is 8.42 Å². The fourth-order valence-electron chi connectivity index (χ4n) is 3.90. The van der Waals surface area contributed by atoms with Gasteiger partial charge in [-0.15, -0.1) is 10.2 Å². The van der Waals surface area contributed by atoms with Crippen molar-refractivity contribution in [3.05, 3.63) is 35.9 Å². The molecule has 1 aliphatic rings. The first-order chi connectivity index (χ1) is 17.3. The standard InChI is InChI=1S/C21H28N8O6S/c1-12-9-23-14(10-22-12)17(32-3)13(2)36(30,31)28-21-27-26-18(15-7-6-8-35-15)29(21)16-19(33-4)24-11-25-20(16)34-5/h9-11,13,15,17H,6-8H2,1-5H3,(H,27,28)/t13-,15?,17-/m0/s1. The summed E-state index contributed by atoms with van der Waals surface area (Å²) in [5.41, 5.74) is 1.31. The second-order valence-corrected chi connectivity index (χ2v) is 10.1. The molecule has 3 aromatic rings. The third kappa shape index (κ3) is 4.94. The van der Waals surface area contributed by atoms with E-state index in [0.717, 1.165) is 6.42 Å². The van der Waals surface area contributed by atoms with Crippen molar-refractivity contribution in [1.82, 2.24) is 34.7 Å². The van der Waals surface area contributed by atoms with Crippen LogP contribution < -0.4 is 14.2 Å². The first kappa shape index (κ1) is 25.7. The van der Waals surface area contributed by atoms with Gasteiger partial charge in [0, 0.05) is 19.9 Å². The van der Waals surface area contributed by atoms with Crippen molar-refractivity contribution in [3.63, 3.8) is 0 Å². The topological polar surface area (TPSA) is 165 Å². The summed E-state index contributed by atoms with van der Waals surface area (Å²) in [7, 11) is 0.177. The Morgan fingerprint density at radius 2 is 1.81 bits per heavy atom. The maximum Gasteiger partial charge on any atom is 0.245 e. The van der Waals surface area contributed by atoms with Crippen LogP contribution >= 0.6 is 0 Å². The second kappa shape index (κ2) is 10.7. The molecular weight excluding hydrogens is 492 g/mol. The smallest absolute Gasteiger partial charge is 0.245 e. The number of nitrogens with one attached hydrogen (secondary N) is 1. The van der Waals surface area contributed by atoms with Crippen molar-refractivity contribution in [2.24, 2.45) is 0 Å². The highest BCUT2D eigenvalue weighted by Gasteiger charge is 2.36. The van der Waals surface area contributed by atoms with E-state index in [2.05, 4.69) is 34.9 Å². The van der Waals surface area contributed by atoms with Gasteiger partial charge in [0.2, 0.25) is 27.7 Å². The molecule has 1 saturated heterocycles. The fraction of sp³-hybridized carbons (Fsp3) is 0.524. The van der Waals surface area contributed by atoms with Crippen LogP contribution in [0.15, 0.2) is 18.7 Å². The molecule has 194 valence electrons. The Morgan fingerprint density at radius 1 is 1.08 bits per heavy atom. The first-order valence-corrected chi connectivity index (χ1v) is 12.7. The number of aromatic nitrogens is 7. The molecule has 1 unspecified atom stereocenters. The molecule has 0 bridgehead atoms. The number of anilines is 1. The van der Waals surface area contributed by atoms with Crippen molar-refractivity contribution < 1.29 is 27.4 Å². The Kier molecular flexibility index (Phi) is 7.61. The van der Waals surface area contributed by atoms with Gasteiger partial charge in [-0.2, -0.15) is 9.97 Å². The molecule has 36 heavy (non-hydrogen) atoms. The Morgan fingerprint density at radius 3 is 2.36 bits per heavy atom. The van der Waals surface area contributed by atoms with E-state index in [1.807, 2.05) is 0 Å². The molecule has 14 nitrogen and oxygen atoms in total. The lowest BCUT2D eigenvalue weighted by Crippen LogP contribution is -2.33. The predicted octanol–water partition coefficient (Wildman–Crippen LogP) is 1.54. The molecule has 3 atom stereocenters. The Balaban J connectivity index is 1.77. The number of ether oxygens (including phenoxy) is 4. The van der Waals surface area contributed by atoms with Crippen LogP contribution in [0.3, 0.4) is 0 Å². The molecule has 15 heteroatoms. The van der Waals surface area contributed by atoms with Gasteiger partial charge < -0.3 is 18.9 Å². The Bertz CT molecular complexity index is 1270. The number of methoxy groups -OCH3 is 3. The fourth-order valence-corrected chi connectivity index (χ4v) is 5.04. The maximum atomic E-state index is 13.5. The molecule has 0 saturated carbocycles. The number of aryl methyl sites for hydroxylation is 1. The highest BCUT2D eigenvalue weighted by molar-refractivity contribution is 7.93. The maximum absolute atomic E-state index is 13.5. The minimum atomic E-state index is -4.09. The second-order valence-electron chi connectivity index (χ2n) is 8.05. The molecule has 1 N–H and O–H groups in total. The predicted molar refractivity (Wildman–Crippen MR) is 127 cm³/mol. The van der Waals surface area contributed by atoms with E-state index in [-0.39, 0.29) is 23.4 Å². The zero-order valence-electron chi connectivity index (χ0n) is 20.6. The SMILES string of the molecule is COc1ncnc(OC)c1-n1c(NS(=O)(=O)[C@@H](C)[C@H](OC)c2cnc(C)cn2)nnc1C1CCCO1. The van der Waals surface area contributed by atoms with E-state index < -0.39 is 27.5 Å². The molecule has 0 aromatic carbocycles. The highest BCUT2D eigenvalue weighted by atomic mass is 32.2. The molecule has 3 aromatic heterocycles. The van der Waals surface area contributed by atoms with E-state index in [0.29, 0.717) is 30.2 Å². The largest absolute Gasteiger partial charge is 0.479 e. The highest BCUT2D eigenvalue weighted by Crippen LogP contribution is 2.37. The van der Waals surface area contributed by atoms with Crippen LogP contribution in [0.2, 0.25) is 0 Å². The summed E-state index contributed by atoms with van der Waals surface area (Å²) in [6.07, 6.45) is 4.50. The van der Waals surface area contributed by atoms with Gasteiger partial charge in [-0.1, -0.05) is 0 Å². The molecule has 0 spiro atoms. The third-order valence-electron chi connectivity index (χ3n) is 5.77. The van der Waals surface area contributed by atoms with Crippen molar-refractivity contribution >= 4 is 16.0 Å². The molecule has 1 fully saturated rings. The molecule has 0 radical (unpaired) electrons. The van der Waals surface area contributed by atoms with Crippen molar-refractivity contribution in [2.45, 2.75) is 44.1 Å². The van der Waals surface area contributed by atoms with Crippen LogP contribution in [0, 0.1) is 6.92 Å². The van der Waals surface area contributed by atoms with E-state index in [1.54, 1.807) is 13.1 Å². The number of rotatable bonds is 10. The van der Waals surface area contributed by atoms with Crippen LogP contribution in [0.4, 0.5) is 5.95 Å². The van der Waals surface area contributed by atoms with Gasteiger partial charge in [0.25, 0.3) is 0 Å². The summed E-state index contributed by atoms with van der Waals surface area (Å²) in [6.45, 7) is 3.84. The van der Waals surface area contributed by atoms with Gasteiger partial charge in [-0.3, -0.25) is 19.3 Å². The van der Waals surface area contributed by atoms with Gasteiger partial charge in [0.05, 0.1) is 31.8 Å². The zero-order chi connectivity index (χ0) is 25.9. The van der Waals surface area contributed by atoms with Gasteiger partial charge in [0.1, 0.15) is 23.8 Å². The average Bonchev–Trinajstić information content (AvgIpc) is 3.54. The van der Waals surface area contributed by atoms with Gasteiger partial charge in [-0.05, 0) is 26.7 Å². The molecule has 4 heterocycles. The summed E-state index contributed by atoms with van der Waals surface area (Å²) < 4.78 is 53.2. The lowest BCUT2D eigenvalue weighted by molar-refractivity contribution is 0.0985. The monoisotopic (exact) mass is 520 g/mol. The van der Waals surface area contributed by atoms with Crippen LogP contribution in [-0.2, 0) is 19.5 Å². The first-order valence-electron chi connectivity index (χ1n) is 11.1. The quantitative estimate of drug-likeness (QED) is 0.410. The number of hydrogen-bond donors (Lipinski definition) is 1. The van der Waals surface area contributed by atoms with Crippen molar-refractivity contribution in [3.8, 4) is 17.4 Å². The van der Waals surface area contributed by atoms with E-state index >= 15 is 0 Å². The van der Waals surface area contributed by atoms with Crippen LogP contribution in [-0.4, -0.2) is 76.3 Å². The average molecular weight is 521 g/mol. The molecule has 0 aliphatic carbocycles. The summed E-state index contributed by atoms with van der Waals surface area (Å²) in [5, 5.41) is 7.30. The van der Waals surface area contributed by atoms with E-state index in [4.69, 9.17) is 18.9 Å². The normalized spacial score (nSPS) is 17.5. The summed E-state index contributed by atoms with van der Waals surface area (Å²) >= 11 is 0. The lowest BCUT2D eigenvalue weighted by Gasteiger charge is -2.23. The molecule has 1 aliphatic heterocycles. The Hall–Kier alpha value is -3.43. The van der Waals surface area contributed by atoms with Crippen LogP contribution in [0.1, 0.15) is 49.2 Å². The number of nitrogens with zero attached hydrogens (tertiary/aromatic N) is 7. The third-order valence-corrected chi connectivity index (χ3v) is 7.46. The van der Waals surface area contributed by atoms with E-state index in [9.17, 15) is 8.42 Å². The van der Waals surface area contributed by atoms with Crippen LogP contribution in [0.25, 0.3) is 5.69 Å². The zero-order valence-corrected chi connectivity index (χ0v) is 21.4. The molecule has 4 rings (SSSR count). The van der Waals surface area contributed by atoms with E-state index in [1.165, 1.54) is 45.3 Å². The number of hydrogen-bond acceptors (Lipinski definition) is 12. The number of sulfonamides is 1. The Labute approximate surface area is 208 Å². The molecular formula is C21H28N8O6S. The summed E-state index contributed by atoms with van der Waals surface area (Å²) in [4.78, 5) is 16.8. The molecule has 0 amide bonds. The lowest BCUT2D eigenvalue weighted by atomic mass is 10.2. The minimum absolute atomic E-state index is 0.108. The van der Waals surface area contributed by atoms with Crippen molar-refractivity contribution in [2.75, 3.05) is 32.7 Å². The van der Waals surface area contributed by atoms with Gasteiger partial charge >= 0.3 is 0 Å². The summed E-state index contributed by atoms with van der Waals surface area (Å²) in [5.74, 6) is 0.527. The minimum Gasteiger partial charge on any atom is -0.479 e.